The van der Waals surface area contributed by atoms with E-state index < -0.39 is 17.9 Å². The number of amides is 2. The maximum Gasteiger partial charge on any atom is 0.317 e. The first-order valence-electron chi connectivity index (χ1n) is 7.36. The molecule has 7 nitrogen and oxygen atoms in total. The molecule has 2 aliphatic rings. The van der Waals surface area contributed by atoms with E-state index in [9.17, 15) is 9.59 Å². The number of carbonyl (C=O) groups is 2. The summed E-state index contributed by atoms with van der Waals surface area (Å²) >= 11 is 0. The van der Waals surface area contributed by atoms with Crippen LogP contribution in [-0.4, -0.2) is 79.4 Å². The van der Waals surface area contributed by atoms with Gasteiger partial charge in [0.05, 0.1) is 19.3 Å². The molecule has 2 rings (SSSR count). The van der Waals surface area contributed by atoms with Crippen molar-refractivity contribution in [3.8, 4) is 0 Å². The first kappa shape index (κ1) is 16.0. The van der Waals surface area contributed by atoms with E-state index in [-0.39, 0.29) is 24.8 Å². The fraction of sp³-hybridized carbons (Fsp3) is 0.857. The lowest BCUT2D eigenvalue weighted by molar-refractivity contribution is -0.142. The summed E-state index contributed by atoms with van der Waals surface area (Å²) in [6.07, 6.45) is 3.34. The van der Waals surface area contributed by atoms with E-state index in [0.717, 1.165) is 12.8 Å². The minimum atomic E-state index is -0.916. The van der Waals surface area contributed by atoms with Crippen LogP contribution in [0.5, 0.6) is 0 Å². The van der Waals surface area contributed by atoms with Gasteiger partial charge in [0.1, 0.15) is 5.92 Å². The molecule has 0 aromatic heterocycles. The molecule has 0 aromatic carbocycles. The molecular weight excluding hydrogens is 274 g/mol. The zero-order chi connectivity index (χ0) is 15.6. The summed E-state index contributed by atoms with van der Waals surface area (Å²) in [7, 11) is 5.69. The highest BCUT2D eigenvalue weighted by molar-refractivity contribution is 5.77. The Labute approximate surface area is 125 Å². The van der Waals surface area contributed by atoms with Gasteiger partial charge in [-0.3, -0.25) is 4.79 Å². The molecule has 2 fully saturated rings. The van der Waals surface area contributed by atoms with Gasteiger partial charge < -0.3 is 25.0 Å². The zero-order valence-electron chi connectivity index (χ0n) is 13.0. The van der Waals surface area contributed by atoms with Gasteiger partial charge in [-0.2, -0.15) is 0 Å². The quantitative estimate of drug-likeness (QED) is 0.758. The Morgan fingerprint density at radius 2 is 1.95 bits per heavy atom. The highest BCUT2D eigenvalue weighted by atomic mass is 16.5. The van der Waals surface area contributed by atoms with Crippen LogP contribution in [0, 0.1) is 5.92 Å². The SMILES string of the molecule is CN(C(=O)NCC1(N(C)C)CCC1)C1COCC1C(=O)O. The third-order valence-electron chi connectivity index (χ3n) is 4.99. The Kier molecular flexibility index (Phi) is 4.73. The monoisotopic (exact) mass is 299 g/mol. The minimum Gasteiger partial charge on any atom is -0.481 e. The highest BCUT2D eigenvalue weighted by Crippen LogP contribution is 2.35. The number of hydrogen-bond donors (Lipinski definition) is 2. The van der Waals surface area contributed by atoms with Gasteiger partial charge in [-0.1, -0.05) is 0 Å². The van der Waals surface area contributed by atoms with Crippen LogP contribution < -0.4 is 5.32 Å². The molecule has 2 atom stereocenters. The standard InChI is InChI=1S/C14H25N3O4/c1-16(2)14(5-4-6-14)9-15-13(20)17(3)11-8-21-7-10(11)12(18)19/h10-11H,4-9H2,1-3H3,(H,15,20)(H,18,19). The van der Waals surface area contributed by atoms with E-state index in [1.165, 1.54) is 11.3 Å². The van der Waals surface area contributed by atoms with E-state index in [2.05, 4.69) is 10.2 Å². The Balaban J connectivity index is 1.89. The summed E-state index contributed by atoms with van der Waals surface area (Å²) in [5.74, 6) is -1.56. The molecule has 21 heavy (non-hydrogen) atoms. The van der Waals surface area contributed by atoms with Crippen molar-refractivity contribution in [3.05, 3.63) is 0 Å². The molecule has 1 aliphatic carbocycles. The molecule has 0 aromatic rings. The molecule has 0 radical (unpaired) electrons. The predicted molar refractivity (Wildman–Crippen MR) is 77.2 cm³/mol. The molecular formula is C14H25N3O4. The number of carboxylic acids is 1. The smallest absolute Gasteiger partial charge is 0.317 e. The van der Waals surface area contributed by atoms with Crippen LogP contribution in [0.2, 0.25) is 0 Å². The summed E-state index contributed by atoms with van der Waals surface area (Å²) in [5, 5.41) is 12.1. The van der Waals surface area contributed by atoms with Gasteiger partial charge in [-0.25, -0.2) is 4.79 Å². The Morgan fingerprint density at radius 3 is 2.43 bits per heavy atom. The number of urea groups is 1. The minimum absolute atomic E-state index is 0.0505. The number of aliphatic carboxylic acids is 1. The number of carboxylic acid groups (broad SMARTS) is 1. The average molecular weight is 299 g/mol. The summed E-state index contributed by atoms with van der Waals surface area (Å²) in [6.45, 7) is 1.04. The molecule has 1 saturated heterocycles. The van der Waals surface area contributed by atoms with Gasteiger partial charge in [-0.05, 0) is 33.4 Å². The predicted octanol–water partition coefficient (Wildman–Crippen LogP) is 0.212. The molecule has 1 heterocycles. The second kappa shape index (κ2) is 6.19. The summed E-state index contributed by atoms with van der Waals surface area (Å²) in [4.78, 5) is 27.0. The normalized spacial score (nSPS) is 27.2. The topological polar surface area (TPSA) is 82.1 Å². The van der Waals surface area contributed by atoms with E-state index in [4.69, 9.17) is 9.84 Å². The lowest BCUT2D eigenvalue weighted by atomic mass is 9.75. The average Bonchev–Trinajstić information content (AvgIpc) is 2.85. The molecule has 2 unspecified atom stereocenters. The third kappa shape index (κ3) is 3.13. The molecule has 120 valence electrons. The molecule has 1 saturated carbocycles. The number of hydrogen-bond acceptors (Lipinski definition) is 4. The first-order chi connectivity index (χ1) is 9.87. The molecule has 7 heteroatoms. The number of likely N-dealkylation sites (N-methyl/N-ethyl adjacent to an activating group) is 2. The van der Waals surface area contributed by atoms with Crippen LogP contribution in [0.15, 0.2) is 0 Å². The van der Waals surface area contributed by atoms with Crippen LogP contribution in [-0.2, 0) is 9.53 Å². The zero-order valence-corrected chi connectivity index (χ0v) is 13.0. The Hall–Kier alpha value is -1.34. The van der Waals surface area contributed by atoms with Crippen molar-refractivity contribution in [1.82, 2.24) is 15.1 Å². The van der Waals surface area contributed by atoms with E-state index >= 15 is 0 Å². The van der Waals surface area contributed by atoms with Gasteiger partial charge in [0.15, 0.2) is 0 Å². The highest BCUT2D eigenvalue weighted by Gasteiger charge is 2.41. The second-order valence-electron chi connectivity index (χ2n) is 6.29. The van der Waals surface area contributed by atoms with Crippen LogP contribution >= 0.6 is 0 Å². The van der Waals surface area contributed by atoms with Gasteiger partial charge in [0.2, 0.25) is 0 Å². The molecule has 2 N–H and O–H groups in total. The summed E-state index contributed by atoms with van der Waals surface area (Å²) in [6, 6.07) is -0.635. The van der Waals surface area contributed by atoms with Crippen molar-refractivity contribution in [2.75, 3.05) is 40.9 Å². The lowest BCUT2D eigenvalue weighted by Gasteiger charge is -2.47. The number of ether oxygens (including phenoxy) is 1. The van der Waals surface area contributed by atoms with E-state index in [1.807, 2.05) is 14.1 Å². The molecule has 2 amide bonds. The van der Waals surface area contributed by atoms with Gasteiger partial charge in [0.25, 0.3) is 0 Å². The number of nitrogens with one attached hydrogen (secondary N) is 1. The second-order valence-corrected chi connectivity index (χ2v) is 6.29. The van der Waals surface area contributed by atoms with Crippen LogP contribution in [0.4, 0.5) is 4.79 Å². The van der Waals surface area contributed by atoms with E-state index in [0.29, 0.717) is 6.54 Å². The number of rotatable bonds is 5. The molecule has 1 aliphatic heterocycles. The fourth-order valence-corrected chi connectivity index (χ4v) is 3.04. The van der Waals surface area contributed by atoms with Crippen molar-refractivity contribution >= 4 is 12.0 Å². The molecule has 0 spiro atoms. The maximum atomic E-state index is 12.3. The largest absolute Gasteiger partial charge is 0.481 e. The number of nitrogens with zero attached hydrogens (tertiary/aromatic N) is 2. The van der Waals surface area contributed by atoms with Gasteiger partial charge in [-0.15, -0.1) is 0 Å². The first-order valence-corrected chi connectivity index (χ1v) is 7.36. The van der Waals surface area contributed by atoms with Crippen LogP contribution in [0.3, 0.4) is 0 Å². The van der Waals surface area contributed by atoms with Crippen molar-refractivity contribution in [2.45, 2.75) is 30.8 Å². The van der Waals surface area contributed by atoms with Crippen LogP contribution in [0.25, 0.3) is 0 Å². The number of carbonyl (C=O) groups excluding carboxylic acids is 1. The van der Waals surface area contributed by atoms with Crippen molar-refractivity contribution in [2.24, 2.45) is 5.92 Å². The van der Waals surface area contributed by atoms with Crippen molar-refractivity contribution < 1.29 is 19.4 Å². The van der Waals surface area contributed by atoms with Crippen molar-refractivity contribution in [3.63, 3.8) is 0 Å². The maximum absolute atomic E-state index is 12.3. The summed E-state index contributed by atoms with van der Waals surface area (Å²) < 4.78 is 5.21. The Morgan fingerprint density at radius 1 is 1.29 bits per heavy atom. The van der Waals surface area contributed by atoms with E-state index in [1.54, 1.807) is 7.05 Å². The lowest BCUT2D eigenvalue weighted by Crippen LogP contribution is -2.59. The fourth-order valence-electron chi connectivity index (χ4n) is 3.04. The summed E-state index contributed by atoms with van der Waals surface area (Å²) in [5.41, 5.74) is 0.0505. The van der Waals surface area contributed by atoms with Crippen molar-refractivity contribution in [1.29, 1.82) is 0 Å². The van der Waals surface area contributed by atoms with Gasteiger partial charge in [0, 0.05) is 19.1 Å². The third-order valence-corrected chi connectivity index (χ3v) is 4.99. The molecule has 0 bridgehead atoms. The van der Waals surface area contributed by atoms with Gasteiger partial charge >= 0.3 is 12.0 Å². The Bertz CT molecular complexity index is 409. The van der Waals surface area contributed by atoms with Crippen LogP contribution in [0.1, 0.15) is 19.3 Å².